The maximum Gasteiger partial charge on any atom is 0.165 e. The fraction of sp³-hybridized carbons (Fsp3) is 0.667. The fourth-order valence-electron chi connectivity index (χ4n) is 3.03. The van der Waals surface area contributed by atoms with Crippen molar-refractivity contribution in [3.8, 4) is 0 Å². The van der Waals surface area contributed by atoms with E-state index >= 15 is 0 Å². The molecule has 1 atom stereocenters. The SMILES string of the molecule is CC1(C)CC(=O)c2ccn(CC3CSCCS3)c2C1. The highest BCUT2D eigenvalue weighted by Crippen LogP contribution is 2.36. The summed E-state index contributed by atoms with van der Waals surface area (Å²) in [6.07, 6.45) is 3.85. The number of ketones is 1. The van der Waals surface area contributed by atoms with Gasteiger partial charge in [0, 0.05) is 52.9 Å². The van der Waals surface area contributed by atoms with Gasteiger partial charge in [0.15, 0.2) is 5.78 Å². The van der Waals surface area contributed by atoms with Crippen LogP contribution in [0.25, 0.3) is 0 Å². The minimum absolute atomic E-state index is 0.120. The van der Waals surface area contributed by atoms with E-state index in [1.54, 1.807) is 0 Å². The van der Waals surface area contributed by atoms with E-state index in [0.29, 0.717) is 17.5 Å². The van der Waals surface area contributed by atoms with Crippen LogP contribution in [0.15, 0.2) is 12.3 Å². The number of aromatic nitrogens is 1. The predicted octanol–water partition coefficient (Wildman–Crippen LogP) is 3.49. The highest BCUT2D eigenvalue weighted by atomic mass is 32.2. The Kier molecular flexibility index (Phi) is 3.73. The van der Waals surface area contributed by atoms with Crippen molar-refractivity contribution in [3.63, 3.8) is 0 Å². The van der Waals surface area contributed by atoms with Gasteiger partial charge in [0.2, 0.25) is 0 Å². The predicted molar refractivity (Wildman–Crippen MR) is 84.4 cm³/mol. The summed E-state index contributed by atoms with van der Waals surface area (Å²) in [7, 11) is 0. The topological polar surface area (TPSA) is 22.0 Å². The number of rotatable bonds is 2. The van der Waals surface area contributed by atoms with Gasteiger partial charge in [0.25, 0.3) is 0 Å². The molecule has 0 aromatic carbocycles. The molecule has 0 N–H and O–H groups in total. The van der Waals surface area contributed by atoms with E-state index in [0.717, 1.165) is 18.5 Å². The molecule has 0 radical (unpaired) electrons. The minimum atomic E-state index is 0.120. The Morgan fingerprint density at radius 3 is 2.95 bits per heavy atom. The molecular weight excluding hydrogens is 274 g/mol. The normalized spacial score (nSPS) is 26.2. The third-order valence-electron chi connectivity index (χ3n) is 3.95. The van der Waals surface area contributed by atoms with Crippen LogP contribution in [0.2, 0.25) is 0 Å². The van der Waals surface area contributed by atoms with E-state index in [1.807, 2.05) is 6.07 Å². The number of carbonyl (C=O) groups is 1. The lowest BCUT2D eigenvalue weighted by atomic mass is 9.76. The molecule has 0 bridgehead atoms. The molecule has 1 aromatic heterocycles. The summed E-state index contributed by atoms with van der Waals surface area (Å²) in [6.45, 7) is 5.48. The molecule has 0 saturated carbocycles. The molecule has 2 nitrogen and oxygen atoms in total. The van der Waals surface area contributed by atoms with Crippen LogP contribution in [-0.4, -0.2) is 32.9 Å². The van der Waals surface area contributed by atoms with Crippen molar-refractivity contribution in [2.75, 3.05) is 17.3 Å². The van der Waals surface area contributed by atoms with Crippen molar-refractivity contribution in [1.29, 1.82) is 0 Å². The zero-order valence-corrected chi connectivity index (χ0v) is 13.3. The Bertz CT molecular complexity index is 486. The first-order chi connectivity index (χ1) is 9.05. The molecule has 104 valence electrons. The van der Waals surface area contributed by atoms with Crippen molar-refractivity contribution in [1.82, 2.24) is 4.57 Å². The van der Waals surface area contributed by atoms with E-state index in [1.165, 1.54) is 23.0 Å². The number of nitrogens with zero attached hydrogens (tertiary/aromatic N) is 1. The van der Waals surface area contributed by atoms with E-state index in [9.17, 15) is 4.79 Å². The summed E-state index contributed by atoms with van der Waals surface area (Å²) in [5.41, 5.74) is 2.37. The molecule has 0 amide bonds. The Morgan fingerprint density at radius 1 is 1.37 bits per heavy atom. The molecule has 2 heterocycles. The van der Waals surface area contributed by atoms with Crippen LogP contribution in [-0.2, 0) is 13.0 Å². The van der Waals surface area contributed by atoms with Crippen LogP contribution in [0.1, 0.15) is 36.3 Å². The number of thioether (sulfide) groups is 2. The van der Waals surface area contributed by atoms with Crippen LogP contribution < -0.4 is 0 Å². The van der Waals surface area contributed by atoms with Crippen molar-refractivity contribution in [2.24, 2.45) is 5.41 Å². The van der Waals surface area contributed by atoms with Gasteiger partial charge in [0.05, 0.1) is 0 Å². The first-order valence-electron chi connectivity index (χ1n) is 6.96. The van der Waals surface area contributed by atoms with Gasteiger partial charge in [-0.3, -0.25) is 4.79 Å². The molecule has 19 heavy (non-hydrogen) atoms. The molecule has 1 fully saturated rings. The highest BCUT2D eigenvalue weighted by Gasteiger charge is 2.33. The lowest BCUT2D eigenvalue weighted by Crippen LogP contribution is -2.29. The summed E-state index contributed by atoms with van der Waals surface area (Å²) >= 11 is 4.15. The zero-order chi connectivity index (χ0) is 13.5. The minimum Gasteiger partial charge on any atom is -0.350 e. The first kappa shape index (κ1) is 13.6. The highest BCUT2D eigenvalue weighted by molar-refractivity contribution is 8.06. The Hall–Kier alpha value is -0.350. The van der Waals surface area contributed by atoms with Crippen molar-refractivity contribution < 1.29 is 4.79 Å². The number of hydrogen-bond acceptors (Lipinski definition) is 3. The molecule has 1 saturated heterocycles. The lowest BCUT2D eigenvalue weighted by molar-refractivity contribution is 0.0910. The molecule has 1 aliphatic carbocycles. The van der Waals surface area contributed by atoms with E-state index in [2.05, 4.69) is 48.1 Å². The molecule has 1 aromatic rings. The van der Waals surface area contributed by atoms with Crippen LogP contribution >= 0.6 is 23.5 Å². The molecule has 1 aliphatic heterocycles. The average Bonchev–Trinajstić information content (AvgIpc) is 2.72. The van der Waals surface area contributed by atoms with E-state index < -0.39 is 0 Å². The molecule has 1 unspecified atom stereocenters. The van der Waals surface area contributed by atoms with Gasteiger partial charge in [0.1, 0.15) is 0 Å². The molecule has 2 aliphatic rings. The molecular formula is C15H21NOS2. The summed E-state index contributed by atoms with van der Waals surface area (Å²) in [5, 5.41) is 0.704. The smallest absolute Gasteiger partial charge is 0.165 e. The van der Waals surface area contributed by atoms with Crippen molar-refractivity contribution in [3.05, 3.63) is 23.5 Å². The monoisotopic (exact) mass is 295 g/mol. The Balaban J connectivity index is 1.82. The van der Waals surface area contributed by atoms with Gasteiger partial charge < -0.3 is 4.57 Å². The largest absolute Gasteiger partial charge is 0.350 e. The third-order valence-corrected chi connectivity index (χ3v) is 6.78. The maximum atomic E-state index is 12.2. The van der Waals surface area contributed by atoms with Gasteiger partial charge in [-0.15, -0.1) is 0 Å². The lowest BCUT2D eigenvalue weighted by Gasteiger charge is -2.30. The summed E-state index contributed by atoms with van der Waals surface area (Å²) in [6, 6.07) is 2.04. The summed E-state index contributed by atoms with van der Waals surface area (Å²) < 4.78 is 2.34. The van der Waals surface area contributed by atoms with Gasteiger partial charge in [-0.2, -0.15) is 23.5 Å². The van der Waals surface area contributed by atoms with Crippen LogP contribution in [0.3, 0.4) is 0 Å². The van der Waals surface area contributed by atoms with Gasteiger partial charge >= 0.3 is 0 Å². The van der Waals surface area contributed by atoms with Crippen LogP contribution in [0, 0.1) is 5.41 Å². The quantitative estimate of drug-likeness (QED) is 0.834. The maximum absolute atomic E-state index is 12.2. The fourth-order valence-corrected chi connectivity index (χ4v) is 5.70. The molecule has 0 spiro atoms. The second kappa shape index (κ2) is 5.21. The standard InChI is InChI=1S/C15H21NOS2/c1-15(2)7-13-12(14(17)8-15)3-4-16(13)9-11-10-18-5-6-19-11/h3-4,11H,5-10H2,1-2H3. The van der Waals surface area contributed by atoms with Gasteiger partial charge in [-0.1, -0.05) is 13.8 Å². The number of fused-ring (bicyclic) bond motifs is 1. The van der Waals surface area contributed by atoms with Gasteiger partial charge in [-0.05, 0) is 17.9 Å². The Labute approximate surface area is 123 Å². The summed E-state index contributed by atoms with van der Waals surface area (Å²) in [4.78, 5) is 12.2. The average molecular weight is 295 g/mol. The van der Waals surface area contributed by atoms with E-state index in [-0.39, 0.29) is 5.41 Å². The summed E-state index contributed by atoms with van der Waals surface area (Å²) in [5.74, 6) is 4.13. The van der Waals surface area contributed by atoms with Crippen molar-refractivity contribution >= 4 is 29.3 Å². The van der Waals surface area contributed by atoms with Crippen LogP contribution in [0.4, 0.5) is 0 Å². The molecule has 4 heteroatoms. The zero-order valence-electron chi connectivity index (χ0n) is 11.6. The number of Topliss-reactive ketones (excluding diaryl/α,β-unsaturated/α-hetero) is 1. The number of carbonyl (C=O) groups excluding carboxylic acids is 1. The number of hydrogen-bond donors (Lipinski definition) is 0. The van der Waals surface area contributed by atoms with E-state index in [4.69, 9.17) is 0 Å². The second-order valence-corrected chi connectivity index (χ2v) is 8.90. The second-order valence-electron chi connectivity index (χ2n) is 6.34. The van der Waals surface area contributed by atoms with Crippen molar-refractivity contribution in [2.45, 2.75) is 38.5 Å². The third kappa shape index (κ3) is 2.89. The molecule has 3 rings (SSSR count). The van der Waals surface area contributed by atoms with Crippen LogP contribution in [0.5, 0.6) is 0 Å². The first-order valence-corrected chi connectivity index (χ1v) is 9.16. The van der Waals surface area contributed by atoms with Gasteiger partial charge in [-0.25, -0.2) is 0 Å². The Morgan fingerprint density at radius 2 is 2.21 bits per heavy atom.